The minimum Gasteiger partial charge on any atom is -0.479 e. The number of ether oxygens (including phenoxy) is 1. The van der Waals surface area contributed by atoms with Crippen molar-refractivity contribution in [2.45, 2.75) is 12.7 Å². The number of carboxylic acid groups (broad SMARTS) is 1. The topological polar surface area (TPSA) is 58.6 Å². The molecule has 2 N–H and O–H groups in total. The highest BCUT2D eigenvalue weighted by atomic mass is 16.5. The first kappa shape index (κ1) is 9.02. The highest BCUT2D eigenvalue weighted by Gasteiger charge is 2.21. The van der Waals surface area contributed by atoms with Crippen LogP contribution in [0, 0.1) is 0 Å². The molecule has 1 aromatic carbocycles. The Morgan fingerprint density at radius 1 is 1.50 bits per heavy atom. The summed E-state index contributed by atoms with van der Waals surface area (Å²) in [5.41, 5.74) is 1.95. The first-order chi connectivity index (χ1) is 6.77. The summed E-state index contributed by atoms with van der Waals surface area (Å²) in [5, 5.41) is 11.8. The molecule has 0 amide bonds. The van der Waals surface area contributed by atoms with E-state index in [1.165, 1.54) is 0 Å². The van der Waals surface area contributed by atoms with Crippen molar-refractivity contribution < 1.29 is 14.6 Å². The number of anilines is 1. The van der Waals surface area contributed by atoms with Gasteiger partial charge in [-0.25, -0.2) is 4.79 Å². The van der Waals surface area contributed by atoms with Gasteiger partial charge in [0.05, 0.1) is 13.2 Å². The van der Waals surface area contributed by atoms with Gasteiger partial charge in [-0.1, -0.05) is 18.2 Å². The van der Waals surface area contributed by atoms with Crippen LogP contribution >= 0.6 is 0 Å². The van der Waals surface area contributed by atoms with Crippen molar-refractivity contribution in [3.05, 3.63) is 29.8 Å². The fraction of sp³-hybridized carbons (Fsp3) is 0.300. The Balaban J connectivity index is 2.18. The second-order valence-corrected chi connectivity index (χ2v) is 3.18. The quantitative estimate of drug-likeness (QED) is 0.700. The molecule has 0 aliphatic carbocycles. The third-order valence-corrected chi connectivity index (χ3v) is 2.21. The molecule has 1 heterocycles. The van der Waals surface area contributed by atoms with E-state index in [2.05, 4.69) is 5.32 Å². The van der Waals surface area contributed by atoms with Gasteiger partial charge in [-0.05, 0) is 6.07 Å². The van der Waals surface area contributed by atoms with Crippen molar-refractivity contribution in [2.75, 3.05) is 11.9 Å². The molecule has 0 saturated carbocycles. The maximum atomic E-state index is 10.7. The van der Waals surface area contributed by atoms with Gasteiger partial charge in [0.1, 0.15) is 0 Å². The molecule has 1 aromatic rings. The number of hydrogen-bond acceptors (Lipinski definition) is 3. The lowest BCUT2D eigenvalue weighted by Gasteiger charge is -2.08. The average Bonchev–Trinajstić information content (AvgIpc) is 2.39. The Morgan fingerprint density at radius 2 is 2.29 bits per heavy atom. The fourth-order valence-electron chi connectivity index (χ4n) is 1.43. The second-order valence-electron chi connectivity index (χ2n) is 3.18. The molecule has 0 bridgehead atoms. The van der Waals surface area contributed by atoms with Crippen LogP contribution in [0.15, 0.2) is 24.3 Å². The summed E-state index contributed by atoms with van der Waals surface area (Å²) in [5.74, 6) is -0.926. The van der Waals surface area contributed by atoms with E-state index in [1.54, 1.807) is 0 Å². The SMILES string of the molecule is O=C(O)C1CNc2ccccc2CO1. The van der Waals surface area contributed by atoms with Gasteiger partial charge in [0.25, 0.3) is 0 Å². The maximum absolute atomic E-state index is 10.7. The minimum absolute atomic E-state index is 0.312. The minimum atomic E-state index is -0.926. The van der Waals surface area contributed by atoms with Crippen molar-refractivity contribution >= 4 is 11.7 Å². The van der Waals surface area contributed by atoms with Gasteiger partial charge < -0.3 is 15.2 Å². The number of benzene rings is 1. The van der Waals surface area contributed by atoms with Gasteiger partial charge >= 0.3 is 5.97 Å². The first-order valence-corrected chi connectivity index (χ1v) is 4.43. The van der Waals surface area contributed by atoms with Crippen LogP contribution in [0.4, 0.5) is 5.69 Å². The van der Waals surface area contributed by atoms with Crippen molar-refractivity contribution in [1.82, 2.24) is 0 Å². The summed E-state index contributed by atoms with van der Waals surface area (Å²) >= 11 is 0. The fourth-order valence-corrected chi connectivity index (χ4v) is 1.43. The van der Waals surface area contributed by atoms with Crippen LogP contribution in [0.5, 0.6) is 0 Å². The van der Waals surface area contributed by atoms with Crippen molar-refractivity contribution in [2.24, 2.45) is 0 Å². The molecule has 1 atom stereocenters. The normalized spacial score (nSPS) is 20.4. The summed E-state index contributed by atoms with van der Waals surface area (Å²) in [6.45, 7) is 0.659. The molecule has 1 aliphatic heterocycles. The Morgan fingerprint density at radius 3 is 3.07 bits per heavy atom. The van der Waals surface area contributed by atoms with Gasteiger partial charge in [0, 0.05) is 11.3 Å². The average molecular weight is 193 g/mol. The highest BCUT2D eigenvalue weighted by molar-refractivity contribution is 5.73. The van der Waals surface area contributed by atoms with Crippen LogP contribution in [0.2, 0.25) is 0 Å². The van der Waals surface area contributed by atoms with Crippen molar-refractivity contribution in [3.63, 3.8) is 0 Å². The predicted octanol–water partition coefficient (Wildman–Crippen LogP) is 1.08. The molecular formula is C10H11NO3. The lowest BCUT2D eigenvalue weighted by Crippen LogP contribution is -2.29. The Kier molecular flexibility index (Phi) is 2.37. The molecular weight excluding hydrogens is 182 g/mol. The number of nitrogens with one attached hydrogen (secondary N) is 1. The van der Waals surface area contributed by atoms with Gasteiger partial charge in [-0.15, -0.1) is 0 Å². The molecule has 0 aromatic heterocycles. The Labute approximate surface area is 81.5 Å². The van der Waals surface area contributed by atoms with Crippen LogP contribution < -0.4 is 5.32 Å². The number of para-hydroxylation sites is 1. The standard InChI is InChI=1S/C10H11NO3/c12-10(13)9-5-11-8-4-2-1-3-7(8)6-14-9/h1-4,9,11H,5-6H2,(H,12,13). The number of carbonyl (C=O) groups is 1. The summed E-state index contributed by atoms with van der Waals surface area (Å²) in [6, 6.07) is 7.66. The van der Waals surface area contributed by atoms with E-state index < -0.39 is 12.1 Å². The molecule has 4 nitrogen and oxygen atoms in total. The third-order valence-electron chi connectivity index (χ3n) is 2.21. The summed E-state index contributed by atoms with van der Waals surface area (Å²) in [6.07, 6.45) is -0.762. The van der Waals surface area contributed by atoms with Crippen molar-refractivity contribution in [1.29, 1.82) is 0 Å². The van der Waals surface area contributed by atoms with E-state index in [1.807, 2.05) is 24.3 Å². The summed E-state index contributed by atoms with van der Waals surface area (Å²) in [4.78, 5) is 10.7. The van der Waals surface area contributed by atoms with E-state index in [0.717, 1.165) is 11.3 Å². The Bertz CT molecular complexity index is 324. The summed E-state index contributed by atoms with van der Waals surface area (Å²) in [7, 11) is 0. The van der Waals surface area contributed by atoms with E-state index >= 15 is 0 Å². The zero-order valence-electron chi connectivity index (χ0n) is 7.56. The molecule has 1 unspecified atom stereocenters. The molecule has 1 aliphatic rings. The third kappa shape index (κ3) is 1.70. The van der Waals surface area contributed by atoms with E-state index in [-0.39, 0.29) is 0 Å². The lowest BCUT2D eigenvalue weighted by molar-refractivity contribution is -0.149. The largest absolute Gasteiger partial charge is 0.479 e. The smallest absolute Gasteiger partial charge is 0.334 e. The predicted molar refractivity (Wildman–Crippen MR) is 51.1 cm³/mol. The highest BCUT2D eigenvalue weighted by Crippen LogP contribution is 2.19. The molecule has 74 valence electrons. The van der Waals surface area contributed by atoms with E-state index in [4.69, 9.17) is 9.84 Å². The first-order valence-electron chi connectivity index (χ1n) is 4.43. The lowest BCUT2D eigenvalue weighted by atomic mass is 10.2. The second kappa shape index (κ2) is 3.67. The molecule has 2 rings (SSSR count). The maximum Gasteiger partial charge on any atom is 0.334 e. The van der Waals surface area contributed by atoms with Crippen LogP contribution in [0.1, 0.15) is 5.56 Å². The van der Waals surface area contributed by atoms with Gasteiger partial charge in [0.15, 0.2) is 6.10 Å². The number of hydrogen-bond donors (Lipinski definition) is 2. The molecule has 0 fully saturated rings. The molecule has 0 spiro atoms. The van der Waals surface area contributed by atoms with Crippen LogP contribution in [0.25, 0.3) is 0 Å². The number of aliphatic carboxylic acids is 1. The number of fused-ring (bicyclic) bond motifs is 1. The Hall–Kier alpha value is -1.55. The number of carboxylic acids is 1. The van der Waals surface area contributed by atoms with Crippen LogP contribution in [-0.4, -0.2) is 23.7 Å². The zero-order valence-corrected chi connectivity index (χ0v) is 7.56. The van der Waals surface area contributed by atoms with E-state index in [9.17, 15) is 4.79 Å². The van der Waals surface area contributed by atoms with Crippen LogP contribution in [0.3, 0.4) is 0 Å². The molecule has 14 heavy (non-hydrogen) atoms. The zero-order chi connectivity index (χ0) is 9.97. The molecule has 4 heteroatoms. The van der Waals surface area contributed by atoms with Crippen molar-refractivity contribution in [3.8, 4) is 0 Å². The summed E-state index contributed by atoms with van der Waals surface area (Å²) < 4.78 is 5.23. The molecule has 0 radical (unpaired) electrons. The van der Waals surface area contributed by atoms with E-state index in [0.29, 0.717) is 13.2 Å². The number of rotatable bonds is 1. The van der Waals surface area contributed by atoms with Crippen LogP contribution in [-0.2, 0) is 16.1 Å². The van der Waals surface area contributed by atoms with Gasteiger partial charge in [-0.2, -0.15) is 0 Å². The molecule has 0 saturated heterocycles. The monoisotopic (exact) mass is 193 g/mol. The van der Waals surface area contributed by atoms with Gasteiger partial charge in [-0.3, -0.25) is 0 Å². The van der Waals surface area contributed by atoms with Gasteiger partial charge in [0.2, 0.25) is 0 Å².